The number of hydrogen-bond donors (Lipinski definition) is 19. The molecule has 41 heteroatoms. The fourth-order valence-electron chi connectivity index (χ4n) is 12.9. The molecule has 13 atom stereocenters. The highest BCUT2D eigenvalue weighted by Crippen LogP contribution is 2.29. The zero-order valence-corrected chi connectivity index (χ0v) is 61.3. The Balaban J connectivity index is 1.33. The minimum absolute atomic E-state index is 0.0143. The first-order chi connectivity index (χ1) is 50.4. The van der Waals surface area contributed by atoms with Gasteiger partial charge < -0.3 is 116 Å². The number of nitrogens with one attached hydrogen (secondary N) is 12. The van der Waals surface area contributed by atoms with Crippen LogP contribution in [0.25, 0.3) is 0 Å². The summed E-state index contributed by atoms with van der Waals surface area (Å²) in [7, 11) is 0. The molecule has 15 amide bonds. The van der Waals surface area contributed by atoms with E-state index in [0.29, 0.717) is 38.5 Å². The zero-order valence-electron chi connectivity index (χ0n) is 61.3. The van der Waals surface area contributed by atoms with Gasteiger partial charge >= 0.3 is 17.9 Å². The number of unbranched alkanes of at least 4 members (excludes halogenated alkanes) is 1. The van der Waals surface area contributed by atoms with Gasteiger partial charge in [0.1, 0.15) is 72.5 Å². The largest absolute Gasteiger partial charge is 0.481 e. The number of nitrogens with two attached hydrogens (primary N) is 4. The second-order valence-electron chi connectivity index (χ2n) is 27.8. The van der Waals surface area contributed by atoms with Crippen LogP contribution in [0.15, 0.2) is 0 Å². The van der Waals surface area contributed by atoms with Crippen molar-refractivity contribution in [2.24, 2.45) is 34.8 Å². The van der Waals surface area contributed by atoms with Crippen molar-refractivity contribution in [3.05, 3.63) is 0 Å². The van der Waals surface area contributed by atoms with E-state index in [1.165, 1.54) is 19.6 Å². The fourth-order valence-corrected chi connectivity index (χ4v) is 12.9. The van der Waals surface area contributed by atoms with E-state index < -0.39 is 217 Å². The van der Waals surface area contributed by atoms with Crippen LogP contribution in [0.3, 0.4) is 0 Å². The van der Waals surface area contributed by atoms with Crippen LogP contribution >= 0.6 is 0 Å². The first-order valence-corrected chi connectivity index (χ1v) is 36.0. The van der Waals surface area contributed by atoms with Crippen LogP contribution in [0, 0.1) is 17.2 Å². The molecule has 0 aromatic heterocycles. The maximum absolute atomic E-state index is 14.3. The molecule has 0 aliphatic carbocycles. The molecule has 107 heavy (non-hydrogen) atoms. The number of hydrogen-bond acceptors (Lipinski definition) is 21. The lowest BCUT2D eigenvalue weighted by Crippen LogP contribution is -2.59. The topological polar surface area (TPSA) is 641 Å². The minimum Gasteiger partial charge on any atom is -0.481 e. The van der Waals surface area contributed by atoms with E-state index in [0.717, 1.165) is 13.8 Å². The van der Waals surface area contributed by atoms with Gasteiger partial charge in [-0.25, -0.2) is 0 Å². The molecule has 0 aromatic carbocycles. The third-order valence-electron chi connectivity index (χ3n) is 18.5. The molecule has 4 saturated heterocycles. The Labute approximate surface area is 618 Å². The highest BCUT2D eigenvalue weighted by Gasteiger charge is 2.47. The van der Waals surface area contributed by atoms with Crippen molar-refractivity contribution >= 4 is 112 Å². The van der Waals surface area contributed by atoms with Crippen molar-refractivity contribution in [2.75, 3.05) is 52.4 Å². The molecule has 0 saturated carbocycles. The van der Waals surface area contributed by atoms with E-state index in [1.54, 1.807) is 27.7 Å². The van der Waals surface area contributed by atoms with E-state index in [2.05, 4.69) is 58.5 Å². The van der Waals surface area contributed by atoms with Gasteiger partial charge in [-0.15, -0.1) is 0 Å². The van der Waals surface area contributed by atoms with E-state index >= 15 is 0 Å². The van der Waals surface area contributed by atoms with Gasteiger partial charge in [-0.05, 0) is 129 Å². The van der Waals surface area contributed by atoms with E-state index in [1.807, 2.05) is 0 Å². The number of carboxylic acids is 3. The highest BCUT2D eigenvalue weighted by molar-refractivity contribution is 6.01. The summed E-state index contributed by atoms with van der Waals surface area (Å²) < 4.78 is 0. The molecule has 4 rings (SSSR count). The van der Waals surface area contributed by atoms with Crippen molar-refractivity contribution in [2.45, 2.75) is 236 Å². The lowest BCUT2D eigenvalue weighted by atomic mass is 9.99. The van der Waals surface area contributed by atoms with Gasteiger partial charge in [0.2, 0.25) is 88.6 Å². The summed E-state index contributed by atoms with van der Waals surface area (Å²) in [6.07, 6.45) is 0.971. The summed E-state index contributed by atoms with van der Waals surface area (Å²) >= 11 is 0. The Kier molecular flexibility index (Phi) is 36.0. The number of aliphatic carboxylic acids is 3. The monoisotopic (exact) mass is 1520 g/mol. The Morgan fingerprint density at radius 3 is 1.43 bits per heavy atom. The molecular formula is C66H108N20O21. The minimum atomic E-state index is -2.03. The molecule has 0 bridgehead atoms. The van der Waals surface area contributed by atoms with Gasteiger partial charge in [0.15, 0.2) is 5.96 Å². The summed E-state index contributed by atoms with van der Waals surface area (Å²) in [4.78, 5) is 244. The fraction of sp³-hybridized carbons (Fsp3) is 0.712. The Bertz CT molecular complexity index is 3270. The third-order valence-corrected chi connectivity index (χ3v) is 18.5. The average Bonchev–Trinajstić information content (AvgIpc) is 1.67. The molecule has 0 unspecified atom stereocenters. The first-order valence-electron chi connectivity index (χ1n) is 36.0. The molecule has 0 radical (unpaired) electrons. The van der Waals surface area contributed by atoms with Crippen molar-refractivity contribution in [1.82, 2.24) is 78.1 Å². The predicted molar refractivity (Wildman–Crippen MR) is 377 cm³/mol. The quantitative estimate of drug-likeness (QED) is 0.0153. The Hall–Kier alpha value is -10.3. The lowest BCUT2D eigenvalue weighted by Gasteiger charge is -2.34. The van der Waals surface area contributed by atoms with E-state index in [4.69, 9.17) is 33.5 Å². The number of likely N-dealkylation sites (tertiary alicyclic amines) is 4. The smallest absolute Gasteiger partial charge is 0.305 e. The third kappa shape index (κ3) is 28.1. The molecule has 598 valence electrons. The van der Waals surface area contributed by atoms with Gasteiger partial charge in [0.25, 0.3) is 0 Å². The molecular weight excluding hydrogens is 1410 g/mol. The van der Waals surface area contributed by atoms with Gasteiger partial charge in [-0.3, -0.25) is 91.7 Å². The van der Waals surface area contributed by atoms with Crippen molar-refractivity contribution < 1.29 is 102 Å². The van der Waals surface area contributed by atoms with Gasteiger partial charge in [0, 0.05) is 39.1 Å². The number of primary amides is 1. The number of amides is 15. The average molecular weight is 1520 g/mol. The predicted octanol–water partition coefficient (Wildman–Crippen LogP) is -7.18. The summed E-state index contributed by atoms with van der Waals surface area (Å²) in [6.45, 7) is 8.63. The summed E-state index contributed by atoms with van der Waals surface area (Å²) in [6, 6.07) is -17.3. The molecule has 23 N–H and O–H groups in total. The summed E-state index contributed by atoms with van der Waals surface area (Å²) in [5, 5.41) is 62.3. The molecule has 0 spiro atoms. The molecule has 0 aromatic rings. The van der Waals surface area contributed by atoms with E-state index in [9.17, 15) is 96.5 Å². The van der Waals surface area contributed by atoms with Gasteiger partial charge in [0.05, 0.1) is 32.0 Å². The molecule has 4 aliphatic heterocycles. The number of carboxylic acid groups (broad SMARTS) is 3. The van der Waals surface area contributed by atoms with E-state index in [-0.39, 0.29) is 115 Å². The second-order valence-corrected chi connectivity index (χ2v) is 27.8. The van der Waals surface area contributed by atoms with Crippen molar-refractivity contribution in [3.8, 4) is 0 Å². The molecule has 41 nitrogen and oxygen atoms in total. The van der Waals surface area contributed by atoms with Crippen LogP contribution in [0.1, 0.15) is 157 Å². The number of carbonyl (C=O) groups is 18. The first kappa shape index (κ1) is 89.0. The Morgan fingerprint density at radius 2 is 0.907 bits per heavy atom. The standard InChI is InChI=1S/C66H108N20O21/c1-33(2)28-40(58(100)82-52(34(3)4)61(103)79-38(53(69)95)15-9-23-72-66(70)71)78-48(88)31-73-54(96)35(5)75-56(98)41(29-50(91)92)81-57(99)42(30-51(93)94)80-55(97)36(6)76-60(102)44-17-11-24-83(44)63(105)39(14-7-8-22-67)77-47(87)32-74-59(101)43-16-10-25-84(43)64(106)46-19-13-27-86(46)65(107)45-18-12-26-85(45)62(104)37(68)20-21-49(89)90/h33-46,52H,7-32,67-68H2,1-6H3,(H2,69,95)(H,73,96)(H,74,101)(H,75,98)(H,76,102)(H,77,87)(H,78,88)(H,79,103)(H,80,97)(H,81,99)(H,82,100)(H,89,90)(H,91,92)(H,93,94)(H4,70,71,72)/t35-,36-,37-,38-,39-,40-,41-,42-,43-,44-,45-,46-,52-/m0/s1. The molecule has 4 aliphatic rings. The normalized spacial score (nSPS) is 19.4. The maximum Gasteiger partial charge on any atom is 0.305 e. The van der Waals surface area contributed by atoms with Gasteiger partial charge in [-0.1, -0.05) is 27.7 Å². The molecule has 4 heterocycles. The highest BCUT2D eigenvalue weighted by atomic mass is 16.4. The van der Waals surface area contributed by atoms with Crippen LogP contribution in [0.2, 0.25) is 0 Å². The number of guanidine groups is 1. The van der Waals surface area contributed by atoms with Gasteiger partial charge in [-0.2, -0.15) is 0 Å². The van der Waals surface area contributed by atoms with Crippen molar-refractivity contribution in [1.29, 1.82) is 5.41 Å². The molecule has 4 fully saturated rings. The number of nitrogens with zero attached hydrogens (tertiary/aromatic N) is 4. The SMILES string of the molecule is CC(C)C[C@H](NC(=O)CNC(=O)[C@H](C)NC(=O)[C@H](CC(=O)O)NC(=O)[C@H](CC(=O)O)NC(=O)[C@H](C)NC(=O)[C@@H]1CCCN1C(=O)[C@H](CCCCN)NC(=O)CNC(=O)[C@@H]1CCCN1C(=O)[C@@H]1CCCN1C(=O)[C@@H]1CCCN1C(=O)[C@@H](N)CCC(=O)O)C(=O)N[C@H](C(=O)N[C@@H](CCCNC(=N)N)C(N)=O)C(C)C. The van der Waals surface area contributed by atoms with Crippen LogP contribution in [-0.4, -0.2) is 278 Å². The van der Waals surface area contributed by atoms with Crippen LogP contribution in [0.4, 0.5) is 0 Å². The number of carbonyl (C=O) groups excluding carboxylic acids is 15. The zero-order chi connectivity index (χ0) is 80.1. The maximum atomic E-state index is 14.3. The van der Waals surface area contributed by atoms with Crippen LogP contribution < -0.4 is 81.4 Å². The van der Waals surface area contributed by atoms with Crippen LogP contribution in [-0.2, 0) is 86.3 Å². The van der Waals surface area contributed by atoms with Crippen molar-refractivity contribution in [3.63, 3.8) is 0 Å². The summed E-state index contributed by atoms with van der Waals surface area (Å²) in [5.74, 6) is -18.2. The van der Waals surface area contributed by atoms with Crippen LogP contribution in [0.5, 0.6) is 0 Å². The number of rotatable bonds is 43. The summed E-state index contributed by atoms with van der Waals surface area (Å²) in [5.41, 5.74) is 22.6. The second kappa shape index (κ2) is 43.3. The lowest BCUT2D eigenvalue weighted by molar-refractivity contribution is -0.150. The Morgan fingerprint density at radius 1 is 0.449 bits per heavy atom.